The van der Waals surface area contributed by atoms with Crippen molar-refractivity contribution in [2.45, 2.75) is 52.6 Å². The highest BCUT2D eigenvalue weighted by molar-refractivity contribution is 6.16. The second-order valence-electron chi connectivity index (χ2n) is 10.4. The summed E-state index contributed by atoms with van der Waals surface area (Å²) in [6.07, 6.45) is 2.17. The molecule has 214 valence electrons. The first kappa shape index (κ1) is 28.0. The quantitative estimate of drug-likeness (QED) is 0.415. The largest absolute Gasteiger partial charge is 0.508 e. The third kappa shape index (κ3) is 5.30. The molecule has 0 bridgehead atoms. The zero-order chi connectivity index (χ0) is 28.4. The zero-order valence-corrected chi connectivity index (χ0v) is 23.7. The minimum Gasteiger partial charge on any atom is -0.508 e. The average Bonchev–Trinajstić information content (AvgIpc) is 3.11. The Bertz CT molecular complexity index is 1390. The molecule has 1 atom stereocenters. The summed E-state index contributed by atoms with van der Waals surface area (Å²) in [5.41, 5.74) is 1.93. The average molecular weight is 552 g/mol. The molecule has 2 aromatic carbocycles. The van der Waals surface area contributed by atoms with Gasteiger partial charge in [-0.3, -0.25) is 4.79 Å². The number of rotatable bonds is 9. The first-order chi connectivity index (χ1) is 19.4. The van der Waals surface area contributed by atoms with Gasteiger partial charge in [-0.25, -0.2) is 4.39 Å². The maximum Gasteiger partial charge on any atom is 0.318 e. The van der Waals surface area contributed by atoms with Gasteiger partial charge >= 0.3 is 6.01 Å². The number of phenolic OH excluding ortho intramolecular Hbond substituents is 1. The van der Waals surface area contributed by atoms with Gasteiger partial charge in [-0.2, -0.15) is 9.97 Å². The molecule has 5 rings (SSSR count). The SMILES string of the molecule is CCc1c(F)ccc2cc(O)cc(N3Cc4nc(OCC(CC)N(C)CC)nc(N5CCCOCC5)c4C3=O)c12. The molecule has 1 saturated heterocycles. The van der Waals surface area contributed by atoms with Crippen LogP contribution in [0.2, 0.25) is 0 Å². The smallest absolute Gasteiger partial charge is 0.318 e. The topological polar surface area (TPSA) is 91.3 Å². The van der Waals surface area contributed by atoms with E-state index in [0.717, 1.165) is 19.4 Å². The third-order valence-corrected chi connectivity index (χ3v) is 8.01. The van der Waals surface area contributed by atoms with Crippen LogP contribution in [0.25, 0.3) is 10.8 Å². The second-order valence-corrected chi connectivity index (χ2v) is 10.4. The van der Waals surface area contributed by atoms with Crippen LogP contribution in [0.15, 0.2) is 24.3 Å². The predicted octanol–water partition coefficient (Wildman–Crippen LogP) is 4.53. The Hall–Kier alpha value is -3.50. The molecule has 2 aliphatic heterocycles. The van der Waals surface area contributed by atoms with Crippen LogP contribution < -0.4 is 14.5 Å². The first-order valence-electron chi connectivity index (χ1n) is 14.2. The number of nitrogens with zero attached hydrogens (tertiary/aromatic N) is 5. The summed E-state index contributed by atoms with van der Waals surface area (Å²) < 4.78 is 26.7. The van der Waals surface area contributed by atoms with E-state index in [-0.39, 0.29) is 36.1 Å². The molecular formula is C30H38FN5O4. The molecule has 9 nitrogen and oxygen atoms in total. The van der Waals surface area contributed by atoms with Crippen molar-refractivity contribution in [2.24, 2.45) is 0 Å². The lowest BCUT2D eigenvalue weighted by Gasteiger charge is -2.26. The molecule has 0 radical (unpaired) electrons. The van der Waals surface area contributed by atoms with E-state index in [4.69, 9.17) is 19.4 Å². The van der Waals surface area contributed by atoms with E-state index < -0.39 is 0 Å². The van der Waals surface area contributed by atoms with Gasteiger partial charge in [0.1, 0.15) is 29.6 Å². The number of carbonyl (C=O) groups is 1. The van der Waals surface area contributed by atoms with Crippen LogP contribution in [0.3, 0.4) is 0 Å². The van der Waals surface area contributed by atoms with Gasteiger partial charge in [0.25, 0.3) is 5.91 Å². The van der Waals surface area contributed by atoms with Gasteiger partial charge in [0, 0.05) is 37.2 Å². The van der Waals surface area contributed by atoms with Crippen LogP contribution in [0, 0.1) is 5.82 Å². The molecule has 40 heavy (non-hydrogen) atoms. The molecule has 1 N–H and O–H groups in total. The summed E-state index contributed by atoms with van der Waals surface area (Å²) in [5.74, 6) is -0.0849. The number of ether oxygens (including phenoxy) is 2. The number of aromatic hydroxyl groups is 1. The lowest BCUT2D eigenvalue weighted by atomic mass is 9.99. The molecule has 3 aromatic rings. The molecule has 1 aromatic heterocycles. The van der Waals surface area contributed by atoms with Crippen LogP contribution in [0.1, 0.15) is 55.2 Å². The van der Waals surface area contributed by atoms with Crippen molar-refractivity contribution in [1.82, 2.24) is 14.9 Å². The van der Waals surface area contributed by atoms with E-state index in [1.165, 1.54) is 12.1 Å². The Morgan fingerprint density at radius 3 is 2.75 bits per heavy atom. The van der Waals surface area contributed by atoms with Crippen LogP contribution in [0.5, 0.6) is 11.8 Å². The number of hydrogen-bond donors (Lipinski definition) is 1. The number of fused-ring (bicyclic) bond motifs is 2. The predicted molar refractivity (Wildman–Crippen MR) is 153 cm³/mol. The fraction of sp³-hybridized carbons (Fsp3) is 0.500. The van der Waals surface area contributed by atoms with E-state index in [1.807, 2.05) is 6.92 Å². The Morgan fingerprint density at radius 2 is 2.00 bits per heavy atom. The molecule has 0 saturated carbocycles. The molecule has 0 spiro atoms. The lowest BCUT2D eigenvalue weighted by Crippen LogP contribution is -2.36. The number of anilines is 2. The highest BCUT2D eigenvalue weighted by Crippen LogP contribution is 2.41. The molecule has 2 aliphatic rings. The number of hydrogen-bond acceptors (Lipinski definition) is 8. The number of halogens is 1. The summed E-state index contributed by atoms with van der Waals surface area (Å²) in [6, 6.07) is 6.60. The van der Waals surface area contributed by atoms with Crippen molar-refractivity contribution in [3.05, 3.63) is 46.9 Å². The van der Waals surface area contributed by atoms with Gasteiger partial charge in [0.05, 0.1) is 24.5 Å². The van der Waals surface area contributed by atoms with Gasteiger partial charge in [-0.15, -0.1) is 0 Å². The van der Waals surface area contributed by atoms with Crippen molar-refractivity contribution in [2.75, 3.05) is 56.3 Å². The molecule has 3 heterocycles. The molecule has 0 aliphatic carbocycles. The Balaban J connectivity index is 1.58. The number of carbonyl (C=O) groups excluding carboxylic acids is 1. The van der Waals surface area contributed by atoms with Gasteiger partial charge in [-0.1, -0.05) is 26.8 Å². The highest BCUT2D eigenvalue weighted by atomic mass is 19.1. The first-order valence-corrected chi connectivity index (χ1v) is 14.2. The Labute approximate surface area is 234 Å². The van der Waals surface area contributed by atoms with Gasteiger partial charge in [0.15, 0.2) is 0 Å². The van der Waals surface area contributed by atoms with Gasteiger partial charge in [0.2, 0.25) is 0 Å². The van der Waals surface area contributed by atoms with Crippen LogP contribution >= 0.6 is 0 Å². The Morgan fingerprint density at radius 1 is 1.18 bits per heavy atom. The van der Waals surface area contributed by atoms with Crippen LogP contribution in [0.4, 0.5) is 15.9 Å². The van der Waals surface area contributed by atoms with Gasteiger partial charge < -0.3 is 29.3 Å². The molecule has 10 heteroatoms. The number of phenols is 1. The minimum absolute atomic E-state index is 0.00515. The zero-order valence-electron chi connectivity index (χ0n) is 23.7. The maximum absolute atomic E-state index is 14.9. The summed E-state index contributed by atoms with van der Waals surface area (Å²) in [4.78, 5) is 29.4. The normalized spacial score (nSPS) is 16.5. The summed E-state index contributed by atoms with van der Waals surface area (Å²) in [6.45, 7) is 10.0. The van der Waals surface area contributed by atoms with E-state index in [2.05, 4.69) is 30.7 Å². The molecule has 1 amide bonds. The fourth-order valence-electron chi connectivity index (χ4n) is 5.63. The summed E-state index contributed by atoms with van der Waals surface area (Å²) >= 11 is 0. The second kappa shape index (κ2) is 11.9. The molecule has 1 unspecified atom stereocenters. The van der Waals surface area contributed by atoms with Crippen molar-refractivity contribution in [3.8, 4) is 11.8 Å². The molecular weight excluding hydrogens is 513 g/mol. The number of benzene rings is 2. The summed E-state index contributed by atoms with van der Waals surface area (Å²) in [5, 5.41) is 11.8. The van der Waals surface area contributed by atoms with E-state index in [1.54, 1.807) is 17.0 Å². The highest BCUT2D eigenvalue weighted by Gasteiger charge is 2.37. The van der Waals surface area contributed by atoms with Crippen molar-refractivity contribution in [1.29, 1.82) is 0 Å². The monoisotopic (exact) mass is 551 g/mol. The number of amides is 1. The van der Waals surface area contributed by atoms with E-state index >= 15 is 0 Å². The van der Waals surface area contributed by atoms with Crippen LogP contribution in [-0.4, -0.2) is 78.4 Å². The lowest BCUT2D eigenvalue weighted by molar-refractivity contribution is 0.0996. The Kier molecular flexibility index (Phi) is 8.37. The number of likely N-dealkylation sites (N-methyl/N-ethyl adjacent to an activating group) is 1. The summed E-state index contributed by atoms with van der Waals surface area (Å²) in [7, 11) is 2.06. The van der Waals surface area contributed by atoms with Crippen molar-refractivity contribution >= 4 is 28.2 Å². The number of aromatic nitrogens is 2. The van der Waals surface area contributed by atoms with Gasteiger partial charge in [-0.05, 0) is 55.9 Å². The maximum atomic E-state index is 14.9. The minimum atomic E-state index is -0.339. The third-order valence-electron chi connectivity index (χ3n) is 8.01. The van der Waals surface area contributed by atoms with Crippen molar-refractivity contribution < 1.29 is 23.8 Å². The molecule has 1 fully saturated rings. The standard InChI is InChI=1S/C30H38FN5O4/c1-5-20(34(4)7-3)18-40-30-32-24-17-36(29(38)27(24)28(33-30)35-11-8-13-39-14-12-35)25-16-21(37)15-19-9-10-23(31)22(6-2)26(19)25/h9-10,15-16,20,37H,5-8,11-14,17-18H2,1-4H3. The van der Waals surface area contributed by atoms with Crippen molar-refractivity contribution in [3.63, 3.8) is 0 Å². The van der Waals surface area contributed by atoms with E-state index in [0.29, 0.717) is 78.4 Å². The fourth-order valence-corrected chi connectivity index (χ4v) is 5.63. The van der Waals surface area contributed by atoms with E-state index in [9.17, 15) is 14.3 Å². The van der Waals surface area contributed by atoms with Crippen LogP contribution in [-0.2, 0) is 17.7 Å². The number of aryl methyl sites for hydroxylation is 1.